The topological polar surface area (TPSA) is 228 Å². The van der Waals surface area contributed by atoms with Gasteiger partial charge in [0.1, 0.15) is 48.8 Å². The van der Waals surface area contributed by atoms with Crippen molar-refractivity contribution in [3.63, 3.8) is 0 Å². The molecule has 14 nitrogen and oxygen atoms in total. The molecule has 96 heavy (non-hydrogen) atoms. The van der Waals surface area contributed by atoms with E-state index in [2.05, 4.69) is 67.8 Å². The molecule has 2 fully saturated rings. The highest BCUT2D eigenvalue weighted by Crippen LogP contribution is 2.30. The van der Waals surface area contributed by atoms with Gasteiger partial charge < -0.3 is 65.1 Å². The highest BCUT2D eigenvalue weighted by molar-refractivity contribution is 5.76. The largest absolute Gasteiger partial charge is 0.394 e. The Balaban J connectivity index is 1.59. The molecule has 0 aromatic rings. The van der Waals surface area contributed by atoms with Gasteiger partial charge in [0.2, 0.25) is 5.91 Å². The third-order valence-electron chi connectivity index (χ3n) is 20.1. The van der Waals surface area contributed by atoms with E-state index in [9.17, 15) is 45.6 Å². The van der Waals surface area contributed by atoms with Crippen molar-refractivity contribution in [2.75, 3.05) is 19.8 Å². The van der Waals surface area contributed by atoms with Crippen LogP contribution in [0.5, 0.6) is 0 Å². The summed E-state index contributed by atoms with van der Waals surface area (Å²) in [5, 5.41) is 87.9. The number of ether oxygens (including phenoxy) is 4. The van der Waals surface area contributed by atoms with E-state index < -0.39 is 86.8 Å². The zero-order chi connectivity index (χ0) is 69.4. The van der Waals surface area contributed by atoms with Crippen molar-refractivity contribution in [3.05, 3.63) is 48.6 Å². The van der Waals surface area contributed by atoms with Crippen LogP contribution in [0.15, 0.2) is 48.6 Å². The number of carbonyl (C=O) groups is 1. The molecule has 2 saturated heterocycles. The summed E-state index contributed by atoms with van der Waals surface area (Å²) in [5.74, 6) is -0.199. The van der Waals surface area contributed by atoms with Gasteiger partial charge in [0.05, 0.1) is 32.0 Å². The molecule has 0 aliphatic carbocycles. The van der Waals surface area contributed by atoms with Crippen molar-refractivity contribution >= 4 is 5.91 Å². The molecule has 2 aliphatic rings. The smallest absolute Gasteiger partial charge is 0.220 e. The van der Waals surface area contributed by atoms with Gasteiger partial charge in [-0.25, -0.2) is 0 Å². The molecule has 0 aromatic heterocycles. The minimum absolute atomic E-state index is 0.199. The van der Waals surface area contributed by atoms with Gasteiger partial charge >= 0.3 is 0 Å². The molecule has 0 bridgehead atoms. The standard InChI is InChI=1S/C82H153NO13/c1-3-5-7-9-11-13-15-17-19-21-23-25-27-29-31-33-34-35-36-38-40-42-44-46-48-50-52-54-56-58-60-62-64-66-74(87)83-70(69-93-81-79(92)77(90)80(73(68-85)95-81)96-82-78(91)76(89)75(88)72(67-84)94-82)71(86)65-63-61-59-57-55-53-51-49-47-45-43-41-39-37-32-30-28-26-24-22-20-18-16-14-12-10-8-6-4-2/h5,7,11,13,17,19,23,25,70-73,75-82,84-86,88-92H,3-4,6,8-10,12,14-16,18,20-22,24,26-69H2,1-2H3,(H,83,87)/b7-5-,13-11-,19-17-,25-23-. The Labute approximate surface area is 588 Å². The van der Waals surface area contributed by atoms with E-state index in [1.165, 1.54) is 270 Å². The van der Waals surface area contributed by atoms with Crippen LogP contribution in [-0.4, -0.2) is 140 Å². The predicted molar refractivity (Wildman–Crippen MR) is 397 cm³/mol. The minimum Gasteiger partial charge on any atom is -0.394 e. The maximum absolute atomic E-state index is 13.4. The molecule has 564 valence electrons. The number of unbranched alkanes of at least 4 members (excludes halogenated alkanes) is 48. The second-order valence-electron chi connectivity index (χ2n) is 28.9. The molecule has 1 amide bonds. The summed E-state index contributed by atoms with van der Waals surface area (Å²) in [4.78, 5) is 13.4. The van der Waals surface area contributed by atoms with E-state index in [1.54, 1.807) is 0 Å². The Hall–Kier alpha value is -2.05. The summed E-state index contributed by atoms with van der Waals surface area (Å²) in [7, 11) is 0. The maximum Gasteiger partial charge on any atom is 0.220 e. The molecule has 14 heteroatoms. The number of carbonyl (C=O) groups excluding carboxylic acids is 1. The Morgan fingerprint density at radius 3 is 1.10 bits per heavy atom. The number of hydrogen-bond acceptors (Lipinski definition) is 13. The van der Waals surface area contributed by atoms with Gasteiger partial charge in [-0.3, -0.25) is 4.79 Å². The maximum atomic E-state index is 13.4. The predicted octanol–water partition coefficient (Wildman–Crippen LogP) is 18.6. The van der Waals surface area contributed by atoms with E-state index in [1.807, 2.05) is 0 Å². The Bertz CT molecular complexity index is 1800. The van der Waals surface area contributed by atoms with Crippen molar-refractivity contribution < 1.29 is 64.6 Å². The number of aliphatic hydroxyl groups is 8. The molecule has 12 atom stereocenters. The van der Waals surface area contributed by atoms with Crippen LogP contribution in [0.2, 0.25) is 0 Å². The van der Waals surface area contributed by atoms with Crippen molar-refractivity contribution in [2.24, 2.45) is 0 Å². The third-order valence-corrected chi connectivity index (χ3v) is 20.1. The second-order valence-corrected chi connectivity index (χ2v) is 28.9. The second kappa shape index (κ2) is 66.2. The highest BCUT2D eigenvalue weighted by Gasteiger charge is 2.51. The summed E-state index contributed by atoms with van der Waals surface area (Å²) in [5.41, 5.74) is 0. The Morgan fingerprint density at radius 2 is 0.719 bits per heavy atom. The summed E-state index contributed by atoms with van der Waals surface area (Å²) in [6, 6.07) is -0.830. The molecule has 2 heterocycles. The van der Waals surface area contributed by atoms with Gasteiger partial charge in [-0.2, -0.15) is 0 Å². The summed E-state index contributed by atoms with van der Waals surface area (Å²) in [6.07, 6.45) is 71.6. The summed E-state index contributed by atoms with van der Waals surface area (Å²) in [6.45, 7) is 2.82. The number of nitrogens with one attached hydrogen (secondary N) is 1. The van der Waals surface area contributed by atoms with Gasteiger partial charge in [-0.1, -0.05) is 364 Å². The van der Waals surface area contributed by atoms with Crippen molar-refractivity contribution in [3.8, 4) is 0 Å². The van der Waals surface area contributed by atoms with Crippen LogP contribution in [0.25, 0.3) is 0 Å². The first-order valence-electron chi connectivity index (χ1n) is 40.9. The molecule has 0 saturated carbocycles. The van der Waals surface area contributed by atoms with E-state index in [4.69, 9.17) is 18.9 Å². The van der Waals surface area contributed by atoms with Gasteiger partial charge in [0.25, 0.3) is 0 Å². The van der Waals surface area contributed by atoms with Crippen LogP contribution >= 0.6 is 0 Å². The van der Waals surface area contributed by atoms with Crippen LogP contribution in [0, 0.1) is 0 Å². The minimum atomic E-state index is -1.78. The number of aliphatic hydroxyl groups excluding tert-OH is 8. The number of hydrogen-bond donors (Lipinski definition) is 9. The van der Waals surface area contributed by atoms with Gasteiger partial charge in [0, 0.05) is 6.42 Å². The van der Waals surface area contributed by atoms with Gasteiger partial charge in [0.15, 0.2) is 12.6 Å². The first-order valence-corrected chi connectivity index (χ1v) is 40.9. The lowest BCUT2D eigenvalue weighted by molar-refractivity contribution is -0.359. The van der Waals surface area contributed by atoms with Crippen molar-refractivity contribution in [1.29, 1.82) is 0 Å². The van der Waals surface area contributed by atoms with Gasteiger partial charge in [-0.15, -0.1) is 0 Å². The fraction of sp³-hybridized carbons (Fsp3) is 0.890. The molecule has 2 rings (SSSR count). The fourth-order valence-electron chi connectivity index (χ4n) is 13.6. The Morgan fingerprint density at radius 1 is 0.385 bits per heavy atom. The highest BCUT2D eigenvalue weighted by atomic mass is 16.7. The zero-order valence-electron chi connectivity index (χ0n) is 61.9. The lowest BCUT2D eigenvalue weighted by Crippen LogP contribution is -2.65. The lowest BCUT2D eigenvalue weighted by atomic mass is 9.97. The molecule has 0 spiro atoms. The molecule has 0 aromatic carbocycles. The van der Waals surface area contributed by atoms with Crippen molar-refractivity contribution in [1.82, 2.24) is 5.32 Å². The normalized spacial score (nSPS) is 22.4. The van der Waals surface area contributed by atoms with E-state index >= 15 is 0 Å². The van der Waals surface area contributed by atoms with Crippen LogP contribution in [0.4, 0.5) is 0 Å². The lowest BCUT2D eigenvalue weighted by Gasteiger charge is -2.46. The van der Waals surface area contributed by atoms with Crippen LogP contribution in [0.3, 0.4) is 0 Å². The monoisotopic (exact) mass is 1360 g/mol. The van der Waals surface area contributed by atoms with Gasteiger partial charge in [-0.05, 0) is 51.4 Å². The first kappa shape index (κ1) is 90.0. The zero-order valence-corrected chi connectivity index (χ0v) is 61.9. The molecule has 9 N–H and O–H groups in total. The van der Waals surface area contributed by atoms with Crippen LogP contribution in [-0.2, 0) is 23.7 Å². The quantitative estimate of drug-likeness (QED) is 0.0204. The SMILES string of the molecule is CC/C=C\C/C=C\C/C=C\C/C=C\CCCCCCCCCCCCCCCCCCCCCCC(=O)NC(COC1OC(CO)C(OC2OC(CO)C(O)C(O)C2O)C(O)C1O)C(O)CCCCCCCCCCCCCCCCCCCCCCCCCCCCCCC. The average molecular weight is 1360 g/mol. The third kappa shape index (κ3) is 48.7. The Kier molecular flexibility index (Phi) is 62.1. The number of rotatable bonds is 69. The van der Waals surface area contributed by atoms with E-state index in [0.29, 0.717) is 12.8 Å². The van der Waals surface area contributed by atoms with Crippen LogP contribution in [0.1, 0.15) is 373 Å². The molecule has 0 radical (unpaired) electrons. The first-order chi connectivity index (χ1) is 47.1. The molecular weight excluding hydrogens is 1210 g/mol. The summed E-state index contributed by atoms with van der Waals surface area (Å²) >= 11 is 0. The van der Waals surface area contributed by atoms with Crippen molar-refractivity contribution in [2.45, 2.75) is 447 Å². The average Bonchev–Trinajstić information content (AvgIpc) is 0.812. The fourth-order valence-corrected chi connectivity index (χ4v) is 13.6. The molecular formula is C82H153NO13. The summed E-state index contributed by atoms with van der Waals surface area (Å²) < 4.78 is 23.0. The van der Waals surface area contributed by atoms with E-state index in [-0.39, 0.29) is 12.5 Å². The number of allylic oxidation sites excluding steroid dienone is 8. The molecule has 12 unspecified atom stereocenters. The number of amides is 1. The van der Waals surface area contributed by atoms with Crippen LogP contribution < -0.4 is 5.32 Å². The molecule has 2 aliphatic heterocycles. The van der Waals surface area contributed by atoms with E-state index in [0.717, 1.165) is 77.0 Å².